The smallest absolute Gasteiger partial charge is 0.345 e. The lowest BCUT2D eigenvalue weighted by Crippen LogP contribution is -1.89. The van der Waals surface area contributed by atoms with Crippen LogP contribution in [-0.4, -0.2) is 17.3 Å². The van der Waals surface area contributed by atoms with Gasteiger partial charge in [0.1, 0.15) is 4.88 Å². The molecular formula is C6H6O2S3. The lowest BCUT2D eigenvalue weighted by atomic mass is 10.5. The van der Waals surface area contributed by atoms with Gasteiger partial charge in [-0.3, -0.25) is 0 Å². The van der Waals surface area contributed by atoms with E-state index in [1.165, 1.54) is 11.3 Å². The maximum absolute atomic E-state index is 10.4. The molecule has 1 aromatic heterocycles. The van der Waals surface area contributed by atoms with Crippen molar-refractivity contribution in [3.8, 4) is 0 Å². The van der Waals surface area contributed by atoms with Gasteiger partial charge in [0.25, 0.3) is 0 Å². The van der Waals surface area contributed by atoms with E-state index < -0.39 is 5.97 Å². The van der Waals surface area contributed by atoms with Crippen LogP contribution in [0.3, 0.4) is 0 Å². The average molecular weight is 206 g/mol. The van der Waals surface area contributed by atoms with E-state index in [4.69, 9.17) is 5.11 Å². The zero-order valence-corrected chi connectivity index (χ0v) is 8.18. The number of rotatable bonds is 3. The van der Waals surface area contributed by atoms with Crippen LogP contribution in [0.15, 0.2) is 16.3 Å². The minimum Gasteiger partial charge on any atom is -0.477 e. The Morgan fingerprint density at radius 3 is 2.91 bits per heavy atom. The maximum Gasteiger partial charge on any atom is 0.345 e. The van der Waals surface area contributed by atoms with E-state index in [0.29, 0.717) is 4.88 Å². The van der Waals surface area contributed by atoms with Crippen LogP contribution in [0.5, 0.6) is 0 Å². The highest BCUT2D eigenvalue weighted by Crippen LogP contribution is 2.31. The Kier molecular flexibility index (Phi) is 3.29. The fraction of sp³-hybridized carbons (Fsp3) is 0.167. The topological polar surface area (TPSA) is 37.3 Å². The minimum absolute atomic E-state index is 0.404. The monoisotopic (exact) mass is 206 g/mol. The van der Waals surface area contributed by atoms with Crippen LogP contribution in [0, 0.1) is 0 Å². The Morgan fingerprint density at radius 2 is 2.45 bits per heavy atom. The highest BCUT2D eigenvalue weighted by Gasteiger charge is 2.05. The SMILES string of the molecule is CSSc1csc(C(=O)O)c1. The van der Waals surface area contributed by atoms with Gasteiger partial charge in [-0.2, -0.15) is 0 Å². The standard InChI is InChI=1S/C6H6O2S3/c1-9-11-4-2-5(6(7)8)10-3-4/h2-3H,1H3,(H,7,8). The number of hydrogen-bond donors (Lipinski definition) is 1. The molecule has 2 nitrogen and oxygen atoms in total. The van der Waals surface area contributed by atoms with Gasteiger partial charge in [0, 0.05) is 10.3 Å². The van der Waals surface area contributed by atoms with Crippen molar-refractivity contribution in [2.24, 2.45) is 0 Å². The van der Waals surface area contributed by atoms with Gasteiger partial charge < -0.3 is 5.11 Å². The van der Waals surface area contributed by atoms with Gasteiger partial charge in [0.2, 0.25) is 0 Å². The van der Waals surface area contributed by atoms with Gasteiger partial charge in [-0.25, -0.2) is 4.79 Å². The molecule has 5 heteroatoms. The van der Waals surface area contributed by atoms with Crippen LogP contribution in [0.25, 0.3) is 0 Å². The Balaban J connectivity index is 2.73. The number of aromatic carboxylic acids is 1. The number of thiophene rings is 1. The van der Waals surface area contributed by atoms with E-state index in [0.717, 1.165) is 4.90 Å². The zero-order valence-electron chi connectivity index (χ0n) is 5.73. The summed E-state index contributed by atoms with van der Waals surface area (Å²) in [5, 5.41) is 10.4. The van der Waals surface area contributed by atoms with Crippen molar-refractivity contribution in [1.29, 1.82) is 0 Å². The third kappa shape index (κ3) is 2.43. The van der Waals surface area contributed by atoms with E-state index in [2.05, 4.69) is 0 Å². The number of carboxylic acids is 1. The minimum atomic E-state index is -0.844. The number of hydrogen-bond acceptors (Lipinski definition) is 4. The van der Waals surface area contributed by atoms with Crippen molar-refractivity contribution in [3.05, 3.63) is 16.3 Å². The molecule has 0 unspecified atom stereocenters. The second kappa shape index (κ2) is 4.04. The Morgan fingerprint density at radius 1 is 1.73 bits per heavy atom. The number of carbonyl (C=O) groups is 1. The van der Waals surface area contributed by atoms with Crippen LogP contribution >= 0.6 is 32.9 Å². The Bertz CT molecular complexity index is 256. The summed E-state index contributed by atoms with van der Waals surface area (Å²) in [5.41, 5.74) is 0. The summed E-state index contributed by atoms with van der Waals surface area (Å²) in [7, 11) is 3.19. The fourth-order valence-corrected chi connectivity index (χ4v) is 2.99. The van der Waals surface area contributed by atoms with Gasteiger partial charge in [0.05, 0.1) is 0 Å². The van der Waals surface area contributed by atoms with Gasteiger partial charge in [-0.15, -0.1) is 11.3 Å². The largest absolute Gasteiger partial charge is 0.477 e. The molecule has 0 aliphatic heterocycles. The Hall–Kier alpha value is -0.130. The summed E-state index contributed by atoms with van der Waals surface area (Å²) in [6.07, 6.45) is 1.96. The Labute approximate surface area is 76.4 Å². The summed E-state index contributed by atoms with van der Waals surface area (Å²) < 4.78 is 0. The molecule has 0 bridgehead atoms. The van der Waals surface area contributed by atoms with Crippen molar-refractivity contribution in [2.75, 3.05) is 6.26 Å². The third-order valence-electron chi connectivity index (χ3n) is 0.966. The quantitative estimate of drug-likeness (QED) is 0.772. The first-order valence-electron chi connectivity index (χ1n) is 2.76. The summed E-state index contributed by atoms with van der Waals surface area (Å²) >= 11 is 1.26. The molecule has 0 radical (unpaired) electrons. The number of carboxylic acid groups (broad SMARTS) is 1. The lowest BCUT2D eigenvalue weighted by molar-refractivity contribution is 0.0702. The first-order valence-corrected chi connectivity index (χ1v) is 6.20. The van der Waals surface area contributed by atoms with E-state index in [9.17, 15) is 4.79 Å². The average Bonchev–Trinajstić information content (AvgIpc) is 2.37. The predicted molar refractivity (Wildman–Crippen MR) is 50.7 cm³/mol. The molecule has 0 amide bonds. The van der Waals surface area contributed by atoms with Crippen molar-refractivity contribution < 1.29 is 9.90 Å². The highest BCUT2D eigenvalue weighted by molar-refractivity contribution is 8.76. The predicted octanol–water partition coefficient (Wildman–Crippen LogP) is 2.82. The first kappa shape index (κ1) is 8.96. The van der Waals surface area contributed by atoms with Gasteiger partial charge in [-0.1, -0.05) is 21.6 Å². The molecule has 0 aliphatic rings. The second-order valence-corrected chi connectivity index (χ2v) is 5.08. The van der Waals surface area contributed by atoms with Gasteiger partial charge >= 0.3 is 5.97 Å². The molecule has 1 rings (SSSR count). The molecule has 1 aromatic rings. The molecule has 0 aliphatic carbocycles. The van der Waals surface area contributed by atoms with Gasteiger partial charge in [0.15, 0.2) is 0 Å². The van der Waals surface area contributed by atoms with Crippen LogP contribution in [0.2, 0.25) is 0 Å². The molecule has 0 saturated carbocycles. The normalized spacial score (nSPS) is 9.91. The van der Waals surface area contributed by atoms with Crippen LogP contribution < -0.4 is 0 Å². The first-order chi connectivity index (χ1) is 5.24. The maximum atomic E-state index is 10.4. The summed E-state index contributed by atoms with van der Waals surface area (Å²) in [6, 6.07) is 1.69. The molecule has 0 aromatic carbocycles. The van der Waals surface area contributed by atoms with E-state index in [1.807, 2.05) is 11.6 Å². The molecule has 1 N–H and O–H groups in total. The third-order valence-corrected chi connectivity index (χ3v) is 3.71. The van der Waals surface area contributed by atoms with E-state index in [-0.39, 0.29) is 0 Å². The molecule has 11 heavy (non-hydrogen) atoms. The molecule has 0 fully saturated rings. The van der Waals surface area contributed by atoms with Crippen LogP contribution in [0.4, 0.5) is 0 Å². The van der Waals surface area contributed by atoms with Crippen molar-refractivity contribution in [2.45, 2.75) is 4.90 Å². The molecule has 0 atom stereocenters. The second-order valence-electron chi connectivity index (χ2n) is 1.70. The molecule has 0 saturated heterocycles. The van der Waals surface area contributed by atoms with Crippen molar-refractivity contribution in [1.82, 2.24) is 0 Å². The molecule has 0 spiro atoms. The fourth-order valence-electron chi connectivity index (χ4n) is 0.571. The van der Waals surface area contributed by atoms with Gasteiger partial charge in [-0.05, 0) is 12.3 Å². The van der Waals surface area contributed by atoms with E-state index >= 15 is 0 Å². The zero-order chi connectivity index (χ0) is 8.27. The van der Waals surface area contributed by atoms with Crippen molar-refractivity contribution >= 4 is 38.9 Å². The molecular weight excluding hydrogens is 200 g/mol. The summed E-state index contributed by atoms with van der Waals surface area (Å²) in [4.78, 5) is 11.8. The van der Waals surface area contributed by atoms with E-state index in [1.54, 1.807) is 27.7 Å². The van der Waals surface area contributed by atoms with Crippen LogP contribution in [-0.2, 0) is 0 Å². The van der Waals surface area contributed by atoms with Crippen molar-refractivity contribution in [3.63, 3.8) is 0 Å². The highest BCUT2D eigenvalue weighted by atomic mass is 33.1. The lowest BCUT2D eigenvalue weighted by Gasteiger charge is -1.86. The summed E-state index contributed by atoms with van der Waals surface area (Å²) in [5.74, 6) is -0.844. The molecule has 60 valence electrons. The summed E-state index contributed by atoms with van der Waals surface area (Å²) in [6.45, 7) is 0. The van der Waals surface area contributed by atoms with Crippen LogP contribution in [0.1, 0.15) is 9.67 Å². The molecule has 1 heterocycles.